The first-order valence-corrected chi connectivity index (χ1v) is 8.64. The lowest BCUT2D eigenvalue weighted by atomic mass is 9.81. The zero-order chi connectivity index (χ0) is 16.4. The number of piperidine rings is 4. The number of hydrogen-bond donors (Lipinski definition) is 3. The Balaban J connectivity index is 1.57. The Kier molecular flexibility index (Phi) is 4.57. The van der Waals surface area contributed by atoms with E-state index >= 15 is 0 Å². The van der Waals surface area contributed by atoms with Crippen molar-refractivity contribution in [3.8, 4) is 0 Å². The van der Waals surface area contributed by atoms with E-state index < -0.39 is 5.97 Å². The summed E-state index contributed by atoms with van der Waals surface area (Å²) in [5.74, 6) is -0.226. The van der Waals surface area contributed by atoms with E-state index in [4.69, 9.17) is 10.5 Å². The van der Waals surface area contributed by atoms with Crippen LogP contribution in [0.1, 0.15) is 25.7 Å². The molecule has 128 valence electrons. The second-order valence-electron chi connectivity index (χ2n) is 7.38. The van der Waals surface area contributed by atoms with Crippen molar-refractivity contribution in [1.29, 1.82) is 5.41 Å². The lowest BCUT2D eigenvalue weighted by molar-refractivity contribution is -0.937. The number of carbonyl (C=O) groups excluding carboxylic acids is 1. The lowest BCUT2D eigenvalue weighted by Crippen LogP contribution is -2.68. The standard InChI is InChI=1S/C16H26N4O3/c17-11-18-14-9-20(7-3-12(14)4-8-20)10-15(21)19-5-1-13(2-6-19)16(22)23/h11-14H,1-10H2,(H2-,17,18,22,23)/p+1. The Morgan fingerprint density at radius 3 is 2.43 bits per heavy atom. The molecule has 1 unspecified atom stereocenters. The quantitative estimate of drug-likeness (QED) is 0.380. The minimum absolute atomic E-state index is 0.169. The third-order valence-corrected chi connectivity index (χ3v) is 6.07. The van der Waals surface area contributed by atoms with Gasteiger partial charge in [-0.1, -0.05) is 0 Å². The second-order valence-corrected chi connectivity index (χ2v) is 7.38. The molecule has 23 heavy (non-hydrogen) atoms. The van der Waals surface area contributed by atoms with Crippen LogP contribution in [0.25, 0.3) is 0 Å². The maximum absolute atomic E-state index is 12.7. The molecule has 1 amide bonds. The van der Waals surface area contributed by atoms with Gasteiger partial charge in [0.1, 0.15) is 0 Å². The molecular formula is C16H27N4O3+. The first-order valence-electron chi connectivity index (χ1n) is 8.64. The monoisotopic (exact) mass is 323 g/mol. The molecule has 4 aliphatic heterocycles. The van der Waals surface area contributed by atoms with Crippen molar-refractivity contribution in [2.45, 2.75) is 31.7 Å². The average molecular weight is 323 g/mol. The van der Waals surface area contributed by atoms with Gasteiger partial charge in [-0.2, -0.15) is 0 Å². The maximum atomic E-state index is 12.7. The summed E-state index contributed by atoms with van der Waals surface area (Å²) in [4.78, 5) is 25.6. The zero-order valence-corrected chi connectivity index (χ0v) is 13.5. The highest BCUT2D eigenvalue weighted by Gasteiger charge is 2.47. The van der Waals surface area contributed by atoms with Gasteiger partial charge in [0.15, 0.2) is 6.54 Å². The van der Waals surface area contributed by atoms with Gasteiger partial charge in [-0.3, -0.25) is 15.0 Å². The van der Waals surface area contributed by atoms with E-state index in [1.165, 1.54) is 6.34 Å². The minimum Gasteiger partial charge on any atom is -0.481 e. The Hall–Kier alpha value is -1.63. The number of amides is 1. The number of nitrogens with one attached hydrogen (secondary N) is 2. The molecule has 0 saturated carbocycles. The molecule has 0 aromatic rings. The van der Waals surface area contributed by atoms with E-state index in [0.29, 0.717) is 44.4 Å². The Labute approximate surface area is 136 Å². The predicted molar refractivity (Wildman–Crippen MR) is 85.1 cm³/mol. The van der Waals surface area contributed by atoms with E-state index in [9.17, 15) is 9.59 Å². The first kappa shape index (κ1) is 16.2. The molecule has 0 aromatic carbocycles. The molecule has 0 aliphatic carbocycles. The van der Waals surface area contributed by atoms with Crippen LogP contribution in [-0.4, -0.2) is 78.0 Å². The van der Waals surface area contributed by atoms with Gasteiger partial charge in [-0.15, -0.1) is 0 Å². The minimum atomic E-state index is -0.738. The normalized spacial score (nSPS) is 34.2. The maximum Gasteiger partial charge on any atom is 0.306 e. The van der Waals surface area contributed by atoms with Gasteiger partial charge in [-0.25, -0.2) is 0 Å². The van der Waals surface area contributed by atoms with Crippen LogP contribution in [0.2, 0.25) is 0 Å². The summed E-state index contributed by atoms with van der Waals surface area (Å²) in [5, 5.41) is 19.5. The number of nitrogens with zero attached hydrogens (tertiary/aromatic N) is 2. The molecule has 4 aliphatic rings. The first-order chi connectivity index (χ1) is 11.0. The van der Waals surface area contributed by atoms with Crippen LogP contribution in [0.15, 0.2) is 0 Å². The van der Waals surface area contributed by atoms with Crippen molar-refractivity contribution in [3.05, 3.63) is 0 Å². The van der Waals surface area contributed by atoms with E-state index in [2.05, 4.69) is 5.32 Å². The number of carbonyl (C=O) groups is 2. The summed E-state index contributed by atoms with van der Waals surface area (Å²) in [7, 11) is 0. The van der Waals surface area contributed by atoms with Crippen LogP contribution < -0.4 is 5.32 Å². The lowest BCUT2D eigenvalue weighted by Gasteiger charge is -2.52. The Morgan fingerprint density at radius 2 is 1.87 bits per heavy atom. The van der Waals surface area contributed by atoms with Crippen molar-refractivity contribution >= 4 is 18.2 Å². The van der Waals surface area contributed by atoms with Crippen LogP contribution in [0, 0.1) is 17.2 Å². The van der Waals surface area contributed by atoms with E-state index in [-0.39, 0.29) is 11.8 Å². The average Bonchev–Trinajstić information content (AvgIpc) is 2.56. The van der Waals surface area contributed by atoms with Gasteiger partial charge >= 0.3 is 5.97 Å². The van der Waals surface area contributed by atoms with E-state index in [1.807, 2.05) is 4.90 Å². The molecule has 4 saturated heterocycles. The summed E-state index contributed by atoms with van der Waals surface area (Å²) >= 11 is 0. The highest BCUT2D eigenvalue weighted by Crippen LogP contribution is 2.34. The number of quaternary nitrogens is 1. The highest BCUT2D eigenvalue weighted by molar-refractivity contribution is 5.78. The van der Waals surface area contributed by atoms with Crippen LogP contribution in [-0.2, 0) is 9.59 Å². The highest BCUT2D eigenvalue weighted by atomic mass is 16.4. The van der Waals surface area contributed by atoms with Crippen LogP contribution >= 0.6 is 0 Å². The number of carboxylic acids is 1. The van der Waals surface area contributed by atoms with Crippen LogP contribution in [0.5, 0.6) is 0 Å². The topological polar surface area (TPSA) is 93.5 Å². The summed E-state index contributed by atoms with van der Waals surface area (Å²) in [6, 6.07) is 0.320. The van der Waals surface area contributed by atoms with Crippen molar-refractivity contribution in [2.24, 2.45) is 11.8 Å². The SMILES string of the molecule is N=CNC1C[N+]2(CC(=O)N3CCC(C(=O)O)CC3)CCC1CC2. The van der Waals surface area contributed by atoms with Crippen molar-refractivity contribution in [2.75, 3.05) is 39.3 Å². The molecule has 2 bridgehead atoms. The molecule has 7 heteroatoms. The van der Waals surface area contributed by atoms with Gasteiger partial charge in [-0.05, 0) is 18.8 Å². The number of aliphatic carboxylic acids is 1. The van der Waals surface area contributed by atoms with Crippen molar-refractivity contribution in [1.82, 2.24) is 10.2 Å². The summed E-state index contributed by atoms with van der Waals surface area (Å²) in [5.41, 5.74) is 0. The van der Waals surface area contributed by atoms with Gasteiger partial charge in [0.05, 0.1) is 37.9 Å². The molecule has 0 aromatic heterocycles. The van der Waals surface area contributed by atoms with E-state index in [0.717, 1.165) is 37.0 Å². The van der Waals surface area contributed by atoms with Gasteiger partial charge in [0.25, 0.3) is 5.91 Å². The summed E-state index contributed by atoms with van der Waals surface area (Å²) < 4.78 is 0.833. The fourth-order valence-corrected chi connectivity index (χ4v) is 4.57. The summed E-state index contributed by atoms with van der Waals surface area (Å²) in [6.45, 7) is 4.70. The molecule has 0 radical (unpaired) electrons. The molecule has 0 spiro atoms. The molecular weight excluding hydrogens is 296 g/mol. The van der Waals surface area contributed by atoms with Gasteiger partial charge < -0.3 is 19.8 Å². The predicted octanol–water partition coefficient (Wildman–Crippen LogP) is 0.115. The molecule has 7 nitrogen and oxygen atoms in total. The molecule has 4 heterocycles. The number of rotatable bonds is 5. The molecule has 1 atom stereocenters. The van der Waals surface area contributed by atoms with Crippen LogP contribution in [0.4, 0.5) is 0 Å². The zero-order valence-electron chi connectivity index (χ0n) is 13.5. The number of carboxylic acid groups (broad SMARTS) is 1. The smallest absolute Gasteiger partial charge is 0.306 e. The Morgan fingerprint density at radius 1 is 1.22 bits per heavy atom. The number of fused-ring (bicyclic) bond motifs is 3. The van der Waals surface area contributed by atoms with Gasteiger partial charge in [0.2, 0.25) is 0 Å². The van der Waals surface area contributed by atoms with Crippen molar-refractivity contribution in [3.63, 3.8) is 0 Å². The number of hydrogen-bond acceptors (Lipinski definition) is 3. The number of likely N-dealkylation sites (tertiary alicyclic amines) is 1. The molecule has 3 N–H and O–H groups in total. The third kappa shape index (κ3) is 3.34. The fraction of sp³-hybridized carbons (Fsp3) is 0.812. The fourth-order valence-electron chi connectivity index (χ4n) is 4.57. The second kappa shape index (κ2) is 6.47. The third-order valence-electron chi connectivity index (χ3n) is 6.07. The molecule has 4 rings (SSSR count). The summed E-state index contributed by atoms with van der Waals surface area (Å²) in [6.07, 6.45) is 4.67. The molecule has 4 fully saturated rings. The Bertz CT molecular complexity index is 480. The van der Waals surface area contributed by atoms with Crippen LogP contribution in [0.3, 0.4) is 0 Å². The van der Waals surface area contributed by atoms with Gasteiger partial charge in [0, 0.05) is 25.9 Å². The van der Waals surface area contributed by atoms with E-state index in [1.54, 1.807) is 0 Å². The largest absolute Gasteiger partial charge is 0.481 e. The van der Waals surface area contributed by atoms with Crippen molar-refractivity contribution < 1.29 is 19.2 Å².